The van der Waals surface area contributed by atoms with Crippen LogP contribution in [0.25, 0.3) is 11.1 Å². The predicted molar refractivity (Wildman–Crippen MR) is 77.8 cm³/mol. The number of Topliss-reactive ketones (excluding diaryl/α,β-unsaturated/α-hetero) is 1. The van der Waals surface area contributed by atoms with E-state index in [4.69, 9.17) is 0 Å². The van der Waals surface area contributed by atoms with Crippen molar-refractivity contribution in [1.82, 2.24) is 0 Å². The third-order valence-corrected chi connectivity index (χ3v) is 3.37. The van der Waals surface area contributed by atoms with E-state index in [2.05, 4.69) is 0 Å². The number of hydrogen-bond acceptors (Lipinski definition) is 2. The van der Waals surface area contributed by atoms with Crippen LogP contribution in [0.5, 0.6) is 0 Å². The highest BCUT2D eigenvalue weighted by molar-refractivity contribution is 6.01. The number of benzene rings is 2. The molecular formula is C17H14F4O2. The first-order valence-corrected chi connectivity index (χ1v) is 6.79. The molecule has 1 N–H and O–H groups in total. The summed E-state index contributed by atoms with van der Waals surface area (Å²) in [5, 5.41) is 9.27. The van der Waals surface area contributed by atoms with Crippen LogP contribution in [0, 0.1) is 0 Å². The van der Waals surface area contributed by atoms with Crippen molar-refractivity contribution in [2.24, 2.45) is 0 Å². The molecular weight excluding hydrogens is 312 g/mol. The van der Waals surface area contributed by atoms with E-state index >= 15 is 0 Å². The lowest BCUT2D eigenvalue weighted by Crippen LogP contribution is -2.24. The van der Waals surface area contributed by atoms with Crippen molar-refractivity contribution in [1.29, 1.82) is 0 Å². The molecule has 2 rings (SSSR count). The zero-order valence-corrected chi connectivity index (χ0v) is 12.1. The molecule has 0 fully saturated rings. The first-order valence-electron chi connectivity index (χ1n) is 6.79. The zero-order valence-electron chi connectivity index (χ0n) is 12.1. The van der Waals surface area contributed by atoms with Gasteiger partial charge in [0.15, 0.2) is 0 Å². The minimum atomic E-state index is -3.44. The Morgan fingerprint density at radius 2 is 1.39 bits per heavy atom. The molecule has 2 aromatic rings. The SMILES string of the molecule is CC(F)(F)C(=O)c1ccc(-c2ccc(C(O)C(F)F)cc2)cc1. The van der Waals surface area contributed by atoms with Gasteiger partial charge in [0.25, 0.3) is 6.43 Å². The Bertz CT molecular complexity index is 673. The minimum Gasteiger partial charge on any atom is -0.382 e. The van der Waals surface area contributed by atoms with E-state index in [1.807, 2.05) is 0 Å². The van der Waals surface area contributed by atoms with Crippen LogP contribution in [0.3, 0.4) is 0 Å². The van der Waals surface area contributed by atoms with Gasteiger partial charge in [-0.25, -0.2) is 8.78 Å². The normalized spacial score (nSPS) is 13.2. The summed E-state index contributed by atoms with van der Waals surface area (Å²) in [5.41, 5.74) is 1.27. The van der Waals surface area contributed by atoms with Gasteiger partial charge in [-0.1, -0.05) is 48.5 Å². The topological polar surface area (TPSA) is 37.3 Å². The zero-order chi connectivity index (χ0) is 17.2. The number of aliphatic hydroxyl groups excluding tert-OH is 1. The van der Waals surface area contributed by atoms with E-state index in [0.717, 1.165) is 0 Å². The monoisotopic (exact) mass is 326 g/mol. The van der Waals surface area contributed by atoms with Crippen LogP contribution in [0.1, 0.15) is 28.9 Å². The van der Waals surface area contributed by atoms with Gasteiger partial charge < -0.3 is 5.11 Å². The molecule has 2 aromatic carbocycles. The number of carbonyl (C=O) groups excluding carboxylic acids is 1. The second-order valence-electron chi connectivity index (χ2n) is 5.20. The molecule has 0 radical (unpaired) electrons. The van der Waals surface area contributed by atoms with Crippen molar-refractivity contribution >= 4 is 5.78 Å². The van der Waals surface area contributed by atoms with Crippen LogP contribution >= 0.6 is 0 Å². The molecule has 122 valence electrons. The van der Waals surface area contributed by atoms with E-state index < -0.39 is 24.2 Å². The lowest BCUT2D eigenvalue weighted by atomic mass is 9.99. The minimum absolute atomic E-state index is 0.0844. The van der Waals surface area contributed by atoms with Crippen LogP contribution < -0.4 is 0 Å². The Morgan fingerprint density at radius 3 is 1.78 bits per heavy atom. The maximum absolute atomic E-state index is 13.0. The number of aliphatic hydroxyl groups is 1. The molecule has 0 aliphatic carbocycles. The third-order valence-electron chi connectivity index (χ3n) is 3.37. The van der Waals surface area contributed by atoms with E-state index in [-0.39, 0.29) is 11.1 Å². The largest absolute Gasteiger partial charge is 0.382 e. The van der Waals surface area contributed by atoms with Gasteiger partial charge in [-0.15, -0.1) is 0 Å². The van der Waals surface area contributed by atoms with Crippen LogP contribution in [0.15, 0.2) is 48.5 Å². The van der Waals surface area contributed by atoms with Crippen molar-refractivity contribution in [3.63, 3.8) is 0 Å². The van der Waals surface area contributed by atoms with Gasteiger partial charge in [0.1, 0.15) is 6.10 Å². The molecule has 0 aliphatic heterocycles. The summed E-state index contributed by atoms with van der Waals surface area (Å²) < 4.78 is 50.8. The Morgan fingerprint density at radius 1 is 0.957 bits per heavy atom. The smallest absolute Gasteiger partial charge is 0.307 e. The molecule has 23 heavy (non-hydrogen) atoms. The van der Waals surface area contributed by atoms with Gasteiger partial charge in [0.05, 0.1) is 0 Å². The Labute approximate surface area is 130 Å². The molecule has 0 amide bonds. The molecule has 1 atom stereocenters. The summed E-state index contributed by atoms with van der Waals surface area (Å²) in [6.45, 7) is 0.538. The summed E-state index contributed by atoms with van der Waals surface area (Å²) in [7, 11) is 0. The van der Waals surface area contributed by atoms with Crippen molar-refractivity contribution in [3.05, 3.63) is 59.7 Å². The number of alkyl halides is 4. The van der Waals surface area contributed by atoms with Gasteiger partial charge in [-0.05, 0) is 16.7 Å². The number of halogens is 4. The van der Waals surface area contributed by atoms with Crippen LogP contribution in [-0.4, -0.2) is 23.2 Å². The molecule has 6 heteroatoms. The summed E-state index contributed by atoms with van der Waals surface area (Å²) in [4.78, 5) is 11.4. The third kappa shape index (κ3) is 3.96. The fourth-order valence-electron chi connectivity index (χ4n) is 2.09. The Balaban J connectivity index is 2.22. The number of rotatable bonds is 5. The van der Waals surface area contributed by atoms with E-state index in [1.54, 1.807) is 0 Å². The molecule has 0 aromatic heterocycles. The summed E-state index contributed by atoms with van der Waals surface area (Å²) in [6.07, 6.45) is -4.72. The molecule has 0 aliphatic rings. The van der Waals surface area contributed by atoms with Gasteiger partial charge in [0, 0.05) is 12.5 Å². The van der Waals surface area contributed by atoms with Crippen LogP contribution in [-0.2, 0) is 0 Å². The standard InChI is InChI=1S/C17H14F4O2/c1-17(20,21)15(23)13-8-4-11(5-9-13)10-2-6-12(7-3-10)14(22)16(18)19/h2-9,14,16,22H,1H3. The van der Waals surface area contributed by atoms with E-state index in [0.29, 0.717) is 18.1 Å². The van der Waals surface area contributed by atoms with E-state index in [1.165, 1.54) is 48.5 Å². The average molecular weight is 326 g/mol. The predicted octanol–water partition coefficient (Wildman–Crippen LogP) is 4.49. The van der Waals surface area contributed by atoms with Crippen molar-refractivity contribution in [2.75, 3.05) is 0 Å². The van der Waals surface area contributed by atoms with Gasteiger partial charge in [-0.3, -0.25) is 4.79 Å². The lowest BCUT2D eigenvalue weighted by molar-refractivity contribution is -0.00577. The van der Waals surface area contributed by atoms with Crippen molar-refractivity contribution in [3.8, 4) is 11.1 Å². The van der Waals surface area contributed by atoms with Crippen LogP contribution in [0.4, 0.5) is 17.6 Å². The second-order valence-corrected chi connectivity index (χ2v) is 5.20. The van der Waals surface area contributed by atoms with Gasteiger partial charge >= 0.3 is 5.92 Å². The molecule has 2 nitrogen and oxygen atoms in total. The van der Waals surface area contributed by atoms with Crippen molar-refractivity contribution in [2.45, 2.75) is 25.4 Å². The lowest BCUT2D eigenvalue weighted by Gasteiger charge is -2.11. The first-order chi connectivity index (χ1) is 10.7. The summed E-state index contributed by atoms with van der Waals surface area (Å²) in [5.74, 6) is -4.70. The Kier molecular flexibility index (Phi) is 4.85. The average Bonchev–Trinajstić information content (AvgIpc) is 2.53. The second kappa shape index (κ2) is 6.50. The fraction of sp³-hybridized carbons (Fsp3) is 0.235. The summed E-state index contributed by atoms with van der Waals surface area (Å²) in [6, 6.07) is 11.4. The highest BCUT2D eigenvalue weighted by Crippen LogP contribution is 2.26. The molecule has 0 spiro atoms. The molecule has 0 saturated heterocycles. The highest BCUT2D eigenvalue weighted by Gasteiger charge is 2.32. The molecule has 1 unspecified atom stereocenters. The maximum atomic E-state index is 13.0. The fourth-order valence-corrected chi connectivity index (χ4v) is 2.09. The van der Waals surface area contributed by atoms with Gasteiger partial charge in [0.2, 0.25) is 5.78 Å². The number of hydrogen-bond donors (Lipinski definition) is 1. The molecule has 0 saturated carbocycles. The van der Waals surface area contributed by atoms with Gasteiger partial charge in [-0.2, -0.15) is 8.78 Å². The maximum Gasteiger partial charge on any atom is 0.307 e. The highest BCUT2D eigenvalue weighted by atomic mass is 19.3. The number of carbonyl (C=O) groups is 1. The quantitative estimate of drug-likeness (QED) is 0.649. The van der Waals surface area contributed by atoms with E-state index in [9.17, 15) is 27.5 Å². The number of ketones is 1. The summed E-state index contributed by atoms with van der Waals surface area (Å²) >= 11 is 0. The molecule has 0 bridgehead atoms. The van der Waals surface area contributed by atoms with Crippen molar-refractivity contribution < 1.29 is 27.5 Å². The van der Waals surface area contributed by atoms with Crippen LogP contribution in [0.2, 0.25) is 0 Å². The Hall–Kier alpha value is -2.21. The first kappa shape index (κ1) is 17.1. The molecule has 0 heterocycles.